The van der Waals surface area contributed by atoms with Crippen LogP contribution in [-0.2, 0) is 0 Å². The normalized spacial score (nSPS) is 16.4. The lowest BCUT2D eigenvalue weighted by Gasteiger charge is -2.16. The second kappa shape index (κ2) is 8.31. The van der Waals surface area contributed by atoms with Gasteiger partial charge < -0.3 is 10.2 Å². The van der Waals surface area contributed by atoms with Crippen molar-refractivity contribution >= 4 is 0 Å². The molecule has 0 bridgehead atoms. The summed E-state index contributed by atoms with van der Waals surface area (Å²) in [5.74, 6) is 0. The van der Waals surface area contributed by atoms with Crippen molar-refractivity contribution < 1.29 is 10.2 Å². The molecule has 16 heavy (non-hydrogen) atoms. The molecule has 0 rings (SSSR count). The summed E-state index contributed by atoms with van der Waals surface area (Å²) in [5, 5.41) is 18.4. The fourth-order valence-electron chi connectivity index (χ4n) is 1.20. The Morgan fingerprint density at radius 3 is 2.44 bits per heavy atom. The minimum absolute atomic E-state index is 0.145. The molecule has 2 nitrogen and oxygen atoms in total. The zero-order valence-corrected chi connectivity index (χ0v) is 10.4. The number of allylic oxidation sites excluding steroid dienone is 3. The Morgan fingerprint density at radius 2 is 1.88 bits per heavy atom. The van der Waals surface area contributed by atoms with Gasteiger partial charge in [0.15, 0.2) is 0 Å². The van der Waals surface area contributed by atoms with Gasteiger partial charge in [0.25, 0.3) is 0 Å². The van der Waals surface area contributed by atoms with E-state index in [1.165, 1.54) is 0 Å². The van der Waals surface area contributed by atoms with Crippen LogP contribution in [0.3, 0.4) is 0 Å². The highest BCUT2D eigenvalue weighted by Gasteiger charge is 2.12. The Bertz CT molecular complexity index is 249. The van der Waals surface area contributed by atoms with Crippen LogP contribution < -0.4 is 0 Å². The van der Waals surface area contributed by atoms with Gasteiger partial charge in [0.05, 0.1) is 12.2 Å². The maximum Gasteiger partial charge on any atom is 0.0800 e. The lowest BCUT2D eigenvalue weighted by Crippen LogP contribution is -2.19. The molecule has 0 saturated heterocycles. The molecule has 0 aromatic rings. The third-order valence-electron chi connectivity index (χ3n) is 2.50. The molecule has 0 aliphatic heterocycles. The van der Waals surface area contributed by atoms with E-state index in [4.69, 9.17) is 5.11 Å². The monoisotopic (exact) mass is 224 g/mol. The second-order valence-electron chi connectivity index (χ2n) is 4.36. The van der Waals surface area contributed by atoms with Gasteiger partial charge in [-0.15, -0.1) is 6.58 Å². The molecule has 0 aliphatic rings. The summed E-state index contributed by atoms with van der Waals surface area (Å²) in [6.07, 6.45) is 11.3. The molecule has 0 radical (unpaired) electrons. The standard InChI is InChI=1S/C14H24O2/c1-4-14(3,16)11-9-7-5-6-8-10-13(2)12-15/h4-5,7,10,15-16H,1,6,8-9,11-12H2,2-3H3. The first-order valence-electron chi connectivity index (χ1n) is 5.79. The molecule has 0 aliphatic carbocycles. The minimum Gasteiger partial charge on any atom is -0.392 e. The lowest BCUT2D eigenvalue weighted by molar-refractivity contribution is 0.103. The van der Waals surface area contributed by atoms with Gasteiger partial charge in [-0.1, -0.05) is 29.9 Å². The van der Waals surface area contributed by atoms with Crippen molar-refractivity contribution in [3.8, 4) is 0 Å². The Balaban J connectivity index is 3.60. The van der Waals surface area contributed by atoms with Crippen molar-refractivity contribution in [1.29, 1.82) is 0 Å². The molecule has 0 aromatic heterocycles. The molecule has 1 unspecified atom stereocenters. The van der Waals surface area contributed by atoms with Gasteiger partial charge in [-0.2, -0.15) is 0 Å². The fraction of sp³-hybridized carbons (Fsp3) is 0.571. The Morgan fingerprint density at radius 1 is 1.25 bits per heavy atom. The van der Waals surface area contributed by atoms with Crippen LogP contribution in [0.2, 0.25) is 0 Å². The zero-order valence-electron chi connectivity index (χ0n) is 10.4. The Labute approximate surface area is 99.0 Å². The van der Waals surface area contributed by atoms with Gasteiger partial charge in [-0.3, -0.25) is 0 Å². The van der Waals surface area contributed by atoms with E-state index in [0.29, 0.717) is 6.42 Å². The number of aliphatic hydroxyl groups excluding tert-OH is 1. The number of unbranched alkanes of at least 4 members (excludes halogenated alkanes) is 1. The minimum atomic E-state index is -0.752. The van der Waals surface area contributed by atoms with E-state index in [9.17, 15) is 5.11 Å². The summed E-state index contributed by atoms with van der Waals surface area (Å²) >= 11 is 0. The summed E-state index contributed by atoms with van der Waals surface area (Å²) in [7, 11) is 0. The maximum absolute atomic E-state index is 9.64. The Kier molecular flexibility index (Phi) is 7.86. The first kappa shape index (κ1) is 15.1. The van der Waals surface area contributed by atoms with Crippen LogP contribution in [0.15, 0.2) is 36.5 Å². The van der Waals surface area contributed by atoms with Crippen LogP contribution in [-0.4, -0.2) is 22.4 Å². The molecule has 92 valence electrons. The van der Waals surface area contributed by atoms with E-state index in [-0.39, 0.29) is 6.61 Å². The predicted octanol–water partition coefficient (Wildman–Crippen LogP) is 2.98. The Hall–Kier alpha value is -0.860. The maximum atomic E-state index is 9.64. The van der Waals surface area contributed by atoms with Crippen molar-refractivity contribution in [3.63, 3.8) is 0 Å². The van der Waals surface area contributed by atoms with E-state index >= 15 is 0 Å². The van der Waals surface area contributed by atoms with Gasteiger partial charge >= 0.3 is 0 Å². The summed E-state index contributed by atoms with van der Waals surface area (Å²) in [4.78, 5) is 0. The van der Waals surface area contributed by atoms with Crippen LogP contribution in [0.5, 0.6) is 0 Å². The fourth-order valence-corrected chi connectivity index (χ4v) is 1.20. The molecule has 0 amide bonds. The van der Waals surface area contributed by atoms with Crippen LogP contribution in [0.4, 0.5) is 0 Å². The first-order chi connectivity index (χ1) is 7.52. The van der Waals surface area contributed by atoms with Crippen LogP contribution in [0.1, 0.15) is 39.5 Å². The number of aliphatic hydroxyl groups is 2. The van der Waals surface area contributed by atoms with Gasteiger partial charge in [0.1, 0.15) is 0 Å². The van der Waals surface area contributed by atoms with Gasteiger partial charge in [-0.25, -0.2) is 0 Å². The highest BCUT2D eigenvalue weighted by atomic mass is 16.3. The molecule has 0 saturated carbocycles. The molecule has 0 fully saturated rings. The third-order valence-corrected chi connectivity index (χ3v) is 2.50. The van der Waals surface area contributed by atoms with Crippen molar-refractivity contribution in [1.82, 2.24) is 0 Å². The third kappa shape index (κ3) is 8.45. The van der Waals surface area contributed by atoms with Gasteiger partial charge in [0.2, 0.25) is 0 Å². The highest BCUT2D eigenvalue weighted by molar-refractivity contribution is 4.99. The molecule has 2 heteroatoms. The van der Waals surface area contributed by atoms with Gasteiger partial charge in [0, 0.05) is 0 Å². The second-order valence-corrected chi connectivity index (χ2v) is 4.36. The molecule has 0 aromatic carbocycles. The lowest BCUT2D eigenvalue weighted by atomic mass is 10.0. The number of hydrogen-bond acceptors (Lipinski definition) is 2. The van der Waals surface area contributed by atoms with Crippen molar-refractivity contribution in [3.05, 3.63) is 36.5 Å². The predicted molar refractivity (Wildman–Crippen MR) is 69.3 cm³/mol. The molecule has 2 N–H and O–H groups in total. The van der Waals surface area contributed by atoms with Crippen LogP contribution in [0.25, 0.3) is 0 Å². The largest absolute Gasteiger partial charge is 0.392 e. The van der Waals surface area contributed by atoms with Crippen molar-refractivity contribution in [2.45, 2.75) is 45.1 Å². The van der Waals surface area contributed by atoms with Gasteiger partial charge in [-0.05, 0) is 39.5 Å². The van der Waals surface area contributed by atoms with E-state index in [1.54, 1.807) is 13.0 Å². The SMILES string of the molecule is C=CC(C)(O)CCC=CCCC=C(C)CO. The first-order valence-corrected chi connectivity index (χ1v) is 5.79. The van der Waals surface area contributed by atoms with E-state index in [0.717, 1.165) is 24.8 Å². The topological polar surface area (TPSA) is 40.5 Å². The average molecular weight is 224 g/mol. The van der Waals surface area contributed by atoms with E-state index in [1.807, 2.05) is 13.0 Å². The number of hydrogen-bond donors (Lipinski definition) is 2. The molecule has 0 heterocycles. The summed E-state index contributed by atoms with van der Waals surface area (Å²) in [5.41, 5.74) is 0.264. The average Bonchev–Trinajstić information content (AvgIpc) is 2.27. The molecular weight excluding hydrogens is 200 g/mol. The highest BCUT2D eigenvalue weighted by Crippen LogP contribution is 2.13. The number of rotatable bonds is 8. The van der Waals surface area contributed by atoms with Crippen molar-refractivity contribution in [2.24, 2.45) is 0 Å². The summed E-state index contributed by atoms with van der Waals surface area (Å²) in [6.45, 7) is 7.42. The quantitative estimate of drug-likeness (QED) is 0.491. The smallest absolute Gasteiger partial charge is 0.0800 e. The zero-order chi connectivity index (χ0) is 12.4. The van der Waals surface area contributed by atoms with E-state index < -0.39 is 5.60 Å². The summed E-state index contributed by atoms with van der Waals surface area (Å²) in [6, 6.07) is 0. The van der Waals surface area contributed by atoms with E-state index in [2.05, 4.69) is 18.7 Å². The van der Waals surface area contributed by atoms with Crippen molar-refractivity contribution in [2.75, 3.05) is 6.61 Å². The summed E-state index contributed by atoms with van der Waals surface area (Å²) < 4.78 is 0. The van der Waals surface area contributed by atoms with Crippen LogP contribution >= 0.6 is 0 Å². The molecular formula is C14H24O2. The molecule has 0 spiro atoms. The van der Waals surface area contributed by atoms with Crippen LogP contribution in [0, 0.1) is 0 Å². The molecule has 1 atom stereocenters.